The lowest BCUT2D eigenvalue weighted by molar-refractivity contribution is -0.384. The van der Waals surface area contributed by atoms with Crippen LogP contribution >= 0.6 is 11.3 Å². The predicted molar refractivity (Wildman–Crippen MR) is 128 cm³/mol. The van der Waals surface area contributed by atoms with Gasteiger partial charge >= 0.3 is 0 Å². The highest BCUT2D eigenvalue weighted by atomic mass is 32.1. The normalized spacial score (nSPS) is 15.4. The van der Waals surface area contributed by atoms with Crippen LogP contribution in [0.5, 0.6) is 5.75 Å². The van der Waals surface area contributed by atoms with E-state index in [1.54, 1.807) is 19.4 Å². The van der Waals surface area contributed by atoms with E-state index in [9.17, 15) is 10.1 Å². The Balaban J connectivity index is 1.51. The third-order valence-electron chi connectivity index (χ3n) is 5.44. The van der Waals surface area contributed by atoms with Crippen LogP contribution < -0.4 is 9.75 Å². The molecule has 3 heterocycles. The molecule has 1 unspecified atom stereocenters. The van der Waals surface area contributed by atoms with Crippen molar-refractivity contribution in [1.29, 1.82) is 0 Å². The number of anilines is 1. The summed E-state index contributed by atoms with van der Waals surface area (Å²) in [4.78, 5) is 19.8. The van der Waals surface area contributed by atoms with Crippen LogP contribution in [0.3, 0.4) is 0 Å². The molecule has 0 radical (unpaired) electrons. The van der Waals surface area contributed by atoms with E-state index in [4.69, 9.17) is 14.8 Å². The Bertz CT molecular complexity index is 1320. The van der Waals surface area contributed by atoms with E-state index in [-0.39, 0.29) is 11.7 Å². The van der Waals surface area contributed by atoms with Crippen LogP contribution in [0.4, 0.5) is 10.8 Å². The van der Waals surface area contributed by atoms with Gasteiger partial charge in [-0.1, -0.05) is 18.2 Å². The maximum absolute atomic E-state index is 11.2. The molecule has 0 spiro atoms. The Labute approximate surface area is 194 Å². The van der Waals surface area contributed by atoms with Gasteiger partial charge in [-0.3, -0.25) is 15.1 Å². The van der Waals surface area contributed by atoms with Gasteiger partial charge in [0.25, 0.3) is 5.69 Å². The van der Waals surface area contributed by atoms with E-state index in [0.29, 0.717) is 22.8 Å². The topological polar surface area (TPSA) is 93.8 Å². The van der Waals surface area contributed by atoms with Crippen LogP contribution in [0.1, 0.15) is 23.6 Å². The van der Waals surface area contributed by atoms with Crippen molar-refractivity contribution in [3.05, 3.63) is 99.7 Å². The number of aromatic nitrogens is 2. The molecule has 1 aliphatic heterocycles. The number of hydrogen-bond acceptors (Lipinski definition) is 8. The molecule has 33 heavy (non-hydrogen) atoms. The summed E-state index contributed by atoms with van der Waals surface area (Å²) in [6.45, 7) is 0. The molecule has 5 rings (SSSR count). The molecule has 0 amide bonds. The fourth-order valence-corrected chi connectivity index (χ4v) is 4.59. The lowest BCUT2D eigenvalue weighted by Crippen LogP contribution is -2.18. The number of nitro benzene ring substituents is 1. The predicted octanol–water partition coefficient (Wildman–Crippen LogP) is 5.48. The van der Waals surface area contributed by atoms with Crippen LogP contribution in [0.15, 0.2) is 83.5 Å². The van der Waals surface area contributed by atoms with Crippen molar-refractivity contribution in [2.75, 3.05) is 12.1 Å². The molecule has 2 aromatic carbocycles. The molecule has 0 N–H and O–H groups in total. The summed E-state index contributed by atoms with van der Waals surface area (Å²) in [5.41, 5.74) is 4.41. The van der Waals surface area contributed by atoms with E-state index in [1.165, 1.54) is 23.5 Å². The van der Waals surface area contributed by atoms with Crippen LogP contribution in [0.2, 0.25) is 0 Å². The highest BCUT2D eigenvalue weighted by molar-refractivity contribution is 7.14. The van der Waals surface area contributed by atoms with Gasteiger partial charge in [-0.05, 0) is 41.5 Å². The van der Waals surface area contributed by atoms with Gasteiger partial charge in [0.15, 0.2) is 0 Å². The molecular formula is C24H19N5O3S. The fourth-order valence-electron chi connectivity index (χ4n) is 3.76. The first kappa shape index (κ1) is 20.8. The van der Waals surface area contributed by atoms with Crippen molar-refractivity contribution in [3.8, 4) is 17.0 Å². The number of thiazole rings is 1. The molecule has 8 nitrogen and oxygen atoms in total. The van der Waals surface area contributed by atoms with Gasteiger partial charge < -0.3 is 4.74 Å². The molecule has 0 aliphatic carbocycles. The van der Waals surface area contributed by atoms with Crippen LogP contribution in [-0.4, -0.2) is 27.7 Å². The summed E-state index contributed by atoms with van der Waals surface area (Å²) in [5, 5.41) is 20.6. The minimum absolute atomic E-state index is 0.0382. The number of rotatable bonds is 6. The zero-order valence-corrected chi connectivity index (χ0v) is 18.5. The van der Waals surface area contributed by atoms with Crippen molar-refractivity contribution in [2.45, 2.75) is 12.5 Å². The molecule has 0 fully saturated rings. The van der Waals surface area contributed by atoms with E-state index in [2.05, 4.69) is 4.98 Å². The number of methoxy groups -OCH3 is 1. The Hall–Kier alpha value is -4.11. The van der Waals surface area contributed by atoms with Crippen molar-refractivity contribution in [2.24, 2.45) is 5.10 Å². The standard InChI is InChI=1S/C24H19N5O3S/c1-32-20-9-7-16(8-10-20)21-13-23(18-5-3-11-25-14-18)28(27-21)24-26-22(15-33-24)17-4-2-6-19(12-17)29(30)31/h2-12,14-15,23H,13H2,1H3. The second-order valence-electron chi connectivity index (χ2n) is 7.45. The number of non-ortho nitro benzene ring substituents is 1. The van der Waals surface area contributed by atoms with E-state index in [1.807, 2.05) is 59.1 Å². The molecule has 0 saturated heterocycles. The minimum Gasteiger partial charge on any atom is -0.497 e. The molecule has 0 bridgehead atoms. The highest BCUT2D eigenvalue weighted by Crippen LogP contribution is 2.39. The molecule has 1 aliphatic rings. The minimum atomic E-state index is -0.402. The first-order chi connectivity index (χ1) is 16.1. The van der Waals surface area contributed by atoms with Gasteiger partial charge in [-0.15, -0.1) is 11.3 Å². The van der Waals surface area contributed by atoms with E-state index >= 15 is 0 Å². The van der Waals surface area contributed by atoms with Crippen molar-refractivity contribution in [3.63, 3.8) is 0 Å². The van der Waals surface area contributed by atoms with Gasteiger partial charge in [-0.2, -0.15) is 5.10 Å². The SMILES string of the molecule is COc1ccc(C2=NN(c3nc(-c4cccc([N+](=O)[O-])c4)cs3)C(c3cccnc3)C2)cc1. The largest absolute Gasteiger partial charge is 0.497 e. The molecule has 2 aromatic heterocycles. The second kappa shape index (κ2) is 8.79. The maximum atomic E-state index is 11.2. The number of pyridine rings is 1. The summed E-state index contributed by atoms with van der Waals surface area (Å²) >= 11 is 1.46. The summed E-state index contributed by atoms with van der Waals surface area (Å²) < 4.78 is 5.27. The molecule has 1 atom stereocenters. The summed E-state index contributed by atoms with van der Waals surface area (Å²) in [5.74, 6) is 0.791. The molecule has 164 valence electrons. The smallest absolute Gasteiger partial charge is 0.270 e. The van der Waals surface area contributed by atoms with E-state index < -0.39 is 4.92 Å². The fraction of sp³-hybridized carbons (Fsp3) is 0.125. The Morgan fingerprint density at radius 2 is 1.97 bits per heavy atom. The Morgan fingerprint density at radius 1 is 1.12 bits per heavy atom. The second-order valence-corrected chi connectivity index (χ2v) is 8.29. The van der Waals surface area contributed by atoms with Crippen LogP contribution in [0.25, 0.3) is 11.3 Å². The van der Waals surface area contributed by atoms with Crippen LogP contribution in [-0.2, 0) is 0 Å². The zero-order chi connectivity index (χ0) is 22.8. The van der Waals surface area contributed by atoms with E-state index in [0.717, 1.165) is 22.6 Å². The van der Waals surface area contributed by atoms with Crippen molar-refractivity contribution >= 4 is 27.9 Å². The monoisotopic (exact) mass is 457 g/mol. The molecule has 0 saturated carbocycles. The number of ether oxygens (including phenoxy) is 1. The summed E-state index contributed by atoms with van der Waals surface area (Å²) in [7, 11) is 1.64. The van der Waals surface area contributed by atoms with Gasteiger partial charge in [0.2, 0.25) is 5.13 Å². The van der Waals surface area contributed by atoms with Crippen molar-refractivity contribution < 1.29 is 9.66 Å². The zero-order valence-electron chi connectivity index (χ0n) is 17.7. The highest BCUT2D eigenvalue weighted by Gasteiger charge is 2.32. The molecular weight excluding hydrogens is 438 g/mol. The maximum Gasteiger partial charge on any atom is 0.270 e. The lowest BCUT2D eigenvalue weighted by atomic mass is 10.00. The first-order valence-corrected chi connectivity index (χ1v) is 11.1. The summed E-state index contributed by atoms with van der Waals surface area (Å²) in [6.07, 6.45) is 4.29. The number of nitrogens with zero attached hydrogens (tertiary/aromatic N) is 5. The summed E-state index contributed by atoms with van der Waals surface area (Å²) in [6, 6.07) is 18.2. The third-order valence-corrected chi connectivity index (χ3v) is 6.27. The van der Waals surface area contributed by atoms with Gasteiger partial charge in [0.1, 0.15) is 5.75 Å². The van der Waals surface area contributed by atoms with Crippen molar-refractivity contribution in [1.82, 2.24) is 9.97 Å². The van der Waals surface area contributed by atoms with Gasteiger partial charge in [0.05, 0.1) is 29.5 Å². The number of benzene rings is 2. The van der Waals surface area contributed by atoms with Gasteiger partial charge in [-0.25, -0.2) is 9.99 Å². The molecule has 9 heteroatoms. The number of hydrazone groups is 1. The molecule has 4 aromatic rings. The first-order valence-electron chi connectivity index (χ1n) is 10.2. The average molecular weight is 458 g/mol. The third kappa shape index (κ3) is 4.18. The van der Waals surface area contributed by atoms with Gasteiger partial charge in [0, 0.05) is 41.9 Å². The number of hydrogen-bond donors (Lipinski definition) is 0. The quantitative estimate of drug-likeness (QED) is 0.281. The number of nitro groups is 1. The van der Waals surface area contributed by atoms with Crippen LogP contribution in [0, 0.1) is 10.1 Å². The lowest BCUT2D eigenvalue weighted by Gasteiger charge is -2.20. The Morgan fingerprint density at radius 3 is 2.70 bits per heavy atom. The Kier molecular flexibility index (Phi) is 5.54. The average Bonchev–Trinajstić information content (AvgIpc) is 3.52.